The van der Waals surface area contributed by atoms with Gasteiger partial charge in [0.15, 0.2) is 0 Å². The van der Waals surface area contributed by atoms with Gasteiger partial charge in [-0.2, -0.15) is 0 Å². The summed E-state index contributed by atoms with van der Waals surface area (Å²) in [5.74, 6) is 0.514. The highest BCUT2D eigenvalue weighted by Gasteiger charge is 2.19. The van der Waals surface area contributed by atoms with Crippen LogP contribution in [0.4, 0.5) is 8.78 Å². The Morgan fingerprint density at radius 2 is 1.39 bits per heavy atom. The first-order valence-corrected chi connectivity index (χ1v) is 12.8. The molecule has 0 bridgehead atoms. The molecule has 0 aliphatic carbocycles. The summed E-state index contributed by atoms with van der Waals surface area (Å²) < 4.78 is 26.8. The summed E-state index contributed by atoms with van der Waals surface area (Å²) in [7, 11) is 0. The van der Waals surface area contributed by atoms with Crippen LogP contribution in [0.1, 0.15) is 41.2 Å². The number of rotatable bonds is 10. The van der Waals surface area contributed by atoms with Crippen LogP contribution in [-0.4, -0.2) is 36.3 Å². The van der Waals surface area contributed by atoms with Gasteiger partial charge in [0.05, 0.1) is 5.25 Å². The molecule has 0 saturated carbocycles. The van der Waals surface area contributed by atoms with Gasteiger partial charge in [-0.15, -0.1) is 11.8 Å². The molecule has 33 heavy (non-hydrogen) atoms. The fourth-order valence-electron chi connectivity index (χ4n) is 4.38. The number of nitrogens with one attached hydrogen (secondary N) is 1. The number of halogens is 2. The highest BCUT2D eigenvalue weighted by Crippen LogP contribution is 2.36. The second kappa shape index (κ2) is 12.3. The van der Waals surface area contributed by atoms with Gasteiger partial charge < -0.3 is 5.32 Å². The molecule has 0 atom stereocenters. The maximum Gasteiger partial charge on any atom is 0.123 e. The molecule has 174 valence electrons. The fraction of sp³-hybridized carbons (Fsp3) is 0.357. The number of thioether (sulfide) groups is 1. The van der Waals surface area contributed by atoms with E-state index in [1.54, 1.807) is 0 Å². The minimum atomic E-state index is -0.236. The molecule has 1 N–H and O–H groups in total. The van der Waals surface area contributed by atoms with Gasteiger partial charge in [0.25, 0.3) is 0 Å². The van der Waals surface area contributed by atoms with E-state index in [2.05, 4.69) is 40.5 Å². The maximum atomic E-state index is 13.4. The van der Waals surface area contributed by atoms with Crippen LogP contribution in [0.3, 0.4) is 0 Å². The second-order valence-electron chi connectivity index (χ2n) is 8.70. The van der Waals surface area contributed by atoms with Crippen molar-refractivity contribution in [1.82, 2.24) is 10.2 Å². The van der Waals surface area contributed by atoms with E-state index in [0.29, 0.717) is 6.04 Å². The van der Waals surface area contributed by atoms with Crippen LogP contribution in [0, 0.1) is 11.6 Å². The van der Waals surface area contributed by atoms with E-state index in [0.717, 1.165) is 49.5 Å². The standard InChI is InChI=1S/C28H32F2N2S/c29-25-11-7-23(8-12-25)28(24-9-13-26(30)14-10-24)33-20-4-17-31-27-15-18-32(19-16-27)21-22-5-2-1-3-6-22/h1-3,5-14,27-28,31H,4,15-21H2. The van der Waals surface area contributed by atoms with Crippen molar-refractivity contribution >= 4 is 11.8 Å². The molecule has 0 radical (unpaired) electrons. The molecule has 0 spiro atoms. The van der Waals surface area contributed by atoms with E-state index in [1.807, 2.05) is 36.0 Å². The second-order valence-corrected chi connectivity index (χ2v) is 9.91. The molecule has 5 heteroatoms. The molecule has 0 aromatic heterocycles. The summed E-state index contributed by atoms with van der Waals surface area (Å²) in [6.07, 6.45) is 3.44. The lowest BCUT2D eigenvalue weighted by molar-refractivity contribution is 0.191. The lowest BCUT2D eigenvalue weighted by Crippen LogP contribution is -2.42. The van der Waals surface area contributed by atoms with Crippen molar-refractivity contribution in [2.24, 2.45) is 0 Å². The van der Waals surface area contributed by atoms with Crippen molar-refractivity contribution in [3.05, 3.63) is 107 Å². The van der Waals surface area contributed by atoms with Gasteiger partial charge in [-0.3, -0.25) is 4.90 Å². The van der Waals surface area contributed by atoms with Gasteiger partial charge in [0, 0.05) is 12.6 Å². The zero-order valence-electron chi connectivity index (χ0n) is 18.9. The third kappa shape index (κ3) is 7.39. The van der Waals surface area contributed by atoms with E-state index in [1.165, 1.54) is 42.7 Å². The van der Waals surface area contributed by atoms with Crippen LogP contribution in [0.15, 0.2) is 78.9 Å². The van der Waals surface area contributed by atoms with E-state index in [9.17, 15) is 8.78 Å². The third-order valence-electron chi connectivity index (χ3n) is 6.22. The molecule has 1 saturated heterocycles. The summed E-state index contributed by atoms with van der Waals surface area (Å²) in [6.45, 7) is 4.31. The number of piperidine rings is 1. The van der Waals surface area contributed by atoms with Crippen molar-refractivity contribution in [1.29, 1.82) is 0 Å². The fourth-order valence-corrected chi connectivity index (χ4v) is 5.62. The monoisotopic (exact) mass is 466 g/mol. The Bertz CT molecular complexity index is 910. The first-order valence-electron chi connectivity index (χ1n) is 11.8. The van der Waals surface area contributed by atoms with Gasteiger partial charge >= 0.3 is 0 Å². The number of hydrogen-bond acceptors (Lipinski definition) is 3. The molecule has 1 fully saturated rings. The number of nitrogens with zero attached hydrogens (tertiary/aromatic N) is 1. The summed E-state index contributed by atoms with van der Waals surface area (Å²) in [6, 6.07) is 24.6. The molecule has 0 amide bonds. The Labute approximate surface area is 200 Å². The molecule has 1 heterocycles. The molecule has 1 aliphatic rings. The lowest BCUT2D eigenvalue weighted by Gasteiger charge is -2.32. The van der Waals surface area contributed by atoms with E-state index in [4.69, 9.17) is 0 Å². The average molecular weight is 467 g/mol. The van der Waals surface area contributed by atoms with Crippen LogP contribution < -0.4 is 5.32 Å². The van der Waals surface area contributed by atoms with Crippen molar-refractivity contribution in [3.63, 3.8) is 0 Å². The molecule has 2 nitrogen and oxygen atoms in total. The smallest absolute Gasteiger partial charge is 0.123 e. The van der Waals surface area contributed by atoms with E-state index in [-0.39, 0.29) is 16.9 Å². The Morgan fingerprint density at radius 3 is 1.97 bits per heavy atom. The highest BCUT2D eigenvalue weighted by atomic mass is 32.2. The maximum absolute atomic E-state index is 13.4. The number of hydrogen-bond donors (Lipinski definition) is 1. The predicted octanol–water partition coefficient (Wildman–Crippen LogP) is 6.43. The summed E-state index contributed by atoms with van der Waals surface area (Å²) in [5, 5.41) is 3.81. The largest absolute Gasteiger partial charge is 0.314 e. The molecular formula is C28H32F2N2S. The minimum absolute atomic E-state index is 0.0763. The zero-order chi connectivity index (χ0) is 22.9. The van der Waals surface area contributed by atoms with Gasteiger partial charge in [-0.1, -0.05) is 54.6 Å². The van der Waals surface area contributed by atoms with Crippen molar-refractivity contribution < 1.29 is 8.78 Å². The Morgan fingerprint density at radius 1 is 0.818 bits per heavy atom. The normalized spacial score (nSPS) is 15.2. The quantitative estimate of drug-likeness (QED) is 0.347. The molecule has 0 unspecified atom stereocenters. The van der Waals surface area contributed by atoms with Gasteiger partial charge in [0.1, 0.15) is 11.6 Å². The SMILES string of the molecule is Fc1ccc(C(SCCCNC2CCN(Cc3ccccc3)CC2)c2ccc(F)cc2)cc1. The van der Waals surface area contributed by atoms with Gasteiger partial charge in [0.2, 0.25) is 0 Å². The van der Waals surface area contributed by atoms with Gasteiger partial charge in [-0.25, -0.2) is 8.78 Å². The number of likely N-dealkylation sites (tertiary alicyclic amines) is 1. The predicted molar refractivity (Wildman–Crippen MR) is 134 cm³/mol. The van der Waals surface area contributed by atoms with E-state index >= 15 is 0 Å². The Balaban J connectivity index is 1.20. The minimum Gasteiger partial charge on any atom is -0.314 e. The van der Waals surface area contributed by atoms with Crippen LogP contribution in [0.2, 0.25) is 0 Å². The van der Waals surface area contributed by atoms with Crippen LogP contribution >= 0.6 is 11.8 Å². The zero-order valence-corrected chi connectivity index (χ0v) is 19.7. The van der Waals surface area contributed by atoms with Crippen molar-refractivity contribution in [3.8, 4) is 0 Å². The molecule has 3 aromatic carbocycles. The van der Waals surface area contributed by atoms with Crippen LogP contribution in [-0.2, 0) is 6.54 Å². The van der Waals surface area contributed by atoms with Crippen molar-refractivity contribution in [2.45, 2.75) is 37.1 Å². The average Bonchev–Trinajstić information content (AvgIpc) is 2.85. The molecule has 4 rings (SSSR count). The number of benzene rings is 3. The van der Waals surface area contributed by atoms with Gasteiger partial charge in [-0.05, 0) is 85.6 Å². The first-order chi connectivity index (χ1) is 16.2. The Kier molecular flexibility index (Phi) is 8.93. The van der Waals surface area contributed by atoms with Crippen LogP contribution in [0.5, 0.6) is 0 Å². The van der Waals surface area contributed by atoms with Crippen LogP contribution in [0.25, 0.3) is 0 Å². The summed E-state index contributed by atoms with van der Waals surface area (Å²) in [4.78, 5) is 2.54. The lowest BCUT2D eigenvalue weighted by atomic mass is 10.0. The summed E-state index contributed by atoms with van der Waals surface area (Å²) in [5.41, 5.74) is 3.48. The summed E-state index contributed by atoms with van der Waals surface area (Å²) >= 11 is 1.83. The molecule has 3 aromatic rings. The third-order valence-corrected chi connectivity index (χ3v) is 7.62. The topological polar surface area (TPSA) is 15.3 Å². The molecular weight excluding hydrogens is 434 g/mol. The molecule has 1 aliphatic heterocycles. The van der Waals surface area contributed by atoms with Crippen molar-refractivity contribution in [2.75, 3.05) is 25.4 Å². The highest BCUT2D eigenvalue weighted by molar-refractivity contribution is 7.99. The first kappa shape index (κ1) is 23.9. The Hall–Kier alpha value is -2.21. The van der Waals surface area contributed by atoms with E-state index < -0.39 is 0 Å².